The average molecular weight is 418 g/mol. The Hall–Kier alpha value is -2.52. The molecular weight excluding hydrogens is 384 g/mol. The van der Waals surface area contributed by atoms with Gasteiger partial charge in [-0.3, -0.25) is 9.59 Å². The fourth-order valence-corrected chi connectivity index (χ4v) is 2.25. The van der Waals surface area contributed by atoms with Crippen LogP contribution in [0.3, 0.4) is 0 Å². The molecule has 0 radical (unpaired) electrons. The molecule has 0 rings (SSSR count). The highest BCUT2D eigenvalue weighted by atomic mass is 16.7. The van der Waals surface area contributed by atoms with E-state index in [1.165, 1.54) is 0 Å². The molecule has 0 aromatic rings. The minimum atomic E-state index is -0.736. The zero-order valence-electron chi connectivity index (χ0n) is 17.5. The van der Waals surface area contributed by atoms with E-state index in [4.69, 9.17) is 9.47 Å². The molecule has 0 saturated heterocycles. The number of ether oxygens (including phenoxy) is 4. The van der Waals surface area contributed by atoms with E-state index >= 15 is 0 Å². The lowest BCUT2D eigenvalue weighted by atomic mass is 10.1. The normalized spacial score (nSPS) is 10.0. The number of amides is 2. The van der Waals surface area contributed by atoms with E-state index < -0.39 is 12.3 Å². The molecule has 2 amide bonds. The van der Waals surface area contributed by atoms with Gasteiger partial charge >= 0.3 is 12.3 Å². The second kappa shape index (κ2) is 18.8. The summed E-state index contributed by atoms with van der Waals surface area (Å²) < 4.78 is 18.7. The van der Waals surface area contributed by atoms with E-state index in [0.717, 1.165) is 32.1 Å². The number of carbonyl (C=O) groups is 4. The molecule has 10 heteroatoms. The maximum absolute atomic E-state index is 11.6. The Labute approximate surface area is 172 Å². The molecular formula is C19H34N2O8. The predicted octanol–water partition coefficient (Wildman–Crippen LogP) is 2.30. The van der Waals surface area contributed by atoms with Crippen LogP contribution in [0, 0.1) is 0 Å². The quantitative estimate of drug-likeness (QED) is 0.288. The standard InChI is InChI=1S/C19H34N2O8/c1-3-26-18(24)28-14-12-20-16(22)10-8-6-5-7-9-11-17(23)21-13-15-29-19(25)27-4-2/h3-15H2,1-2H3,(H,20,22)(H,21,23). The van der Waals surface area contributed by atoms with Crippen LogP contribution in [0.15, 0.2) is 0 Å². The van der Waals surface area contributed by atoms with Gasteiger partial charge in [0.15, 0.2) is 0 Å². The third-order valence-electron chi connectivity index (χ3n) is 3.62. The van der Waals surface area contributed by atoms with Crippen LogP contribution < -0.4 is 10.6 Å². The molecule has 0 aliphatic rings. The maximum Gasteiger partial charge on any atom is 0.508 e. The van der Waals surface area contributed by atoms with Crippen LogP contribution in [0.2, 0.25) is 0 Å². The van der Waals surface area contributed by atoms with Crippen LogP contribution in [0.25, 0.3) is 0 Å². The molecule has 0 fully saturated rings. The molecule has 0 saturated carbocycles. The van der Waals surface area contributed by atoms with E-state index in [0.29, 0.717) is 12.8 Å². The Morgan fingerprint density at radius 2 is 0.966 bits per heavy atom. The van der Waals surface area contributed by atoms with Crippen molar-refractivity contribution in [1.82, 2.24) is 10.6 Å². The van der Waals surface area contributed by atoms with E-state index in [1.54, 1.807) is 13.8 Å². The summed E-state index contributed by atoms with van der Waals surface area (Å²) in [6, 6.07) is 0. The molecule has 29 heavy (non-hydrogen) atoms. The fourth-order valence-electron chi connectivity index (χ4n) is 2.25. The maximum atomic E-state index is 11.6. The summed E-state index contributed by atoms with van der Waals surface area (Å²) in [6.07, 6.45) is 3.65. The Balaban J connectivity index is 3.40. The molecule has 10 nitrogen and oxygen atoms in total. The molecule has 0 spiro atoms. The van der Waals surface area contributed by atoms with Crippen molar-refractivity contribution in [3.8, 4) is 0 Å². The summed E-state index contributed by atoms with van der Waals surface area (Å²) in [5.41, 5.74) is 0. The zero-order valence-corrected chi connectivity index (χ0v) is 17.5. The second-order valence-electron chi connectivity index (χ2n) is 6.03. The summed E-state index contributed by atoms with van der Waals surface area (Å²) in [4.78, 5) is 45.1. The smallest absolute Gasteiger partial charge is 0.435 e. The van der Waals surface area contributed by atoms with Gasteiger partial charge in [-0.15, -0.1) is 0 Å². The SMILES string of the molecule is CCOC(=O)OCCNC(=O)CCCCCCCC(=O)NCCOC(=O)OCC. The Kier molecular flexibility index (Phi) is 17.2. The first-order valence-electron chi connectivity index (χ1n) is 10.1. The topological polar surface area (TPSA) is 129 Å². The molecule has 0 aliphatic heterocycles. The molecule has 2 N–H and O–H groups in total. The highest BCUT2D eigenvalue weighted by Crippen LogP contribution is 2.07. The first-order chi connectivity index (χ1) is 14.0. The van der Waals surface area contributed by atoms with Crippen molar-refractivity contribution in [3.63, 3.8) is 0 Å². The fraction of sp³-hybridized carbons (Fsp3) is 0.789. The van der Waals surface area contributed by atoms with Gasteiger partial charge in [-0.1, -0.05) is 19.3 Å². The van der Waals surface area contributed by atoms with Gasteiger partial charge in [0, 0.05) is 12.8 Å². The lowest BCUT2D eigenvalue weighted by Gasteiger charge is -2.07. The summed E-state index contributed by atoms with van der Waals surface area (Å²) in [6.45, 7) is 4.57. The molecule has 168 valence electrons. The third kappa shape index (κ3) is 18.6. The van der Waals surface area contributed by atoms with Crippen molar-refractivity contribution in [2.75, 3.05) is 39.5 Å². The van der Waals surface area contributed by atoms with Gasteiger partial charge in [0.25, 0.3) is 0 Å². The van der Waals surface area contributed by atoms with Gasteiger partial charge in [-0.05, 0) is 26.7 Å². The van der Waals surface area contributed by atoms with Crippen molar-refractivity contribution < 1.29 is 38.1 Å². The van der Waals surface area contributed by atoms with Gasteiger partial charge in [0.05, 0.1) is 26.3 Å². The van der Waals surface area contributed by atoms with Gasteiger partial charge in [-0.2, -0.15) is 0 Å². The number of hydrogen-bond acceptors (Lipinski definition) is 8. The Bertz CT molecular complexity index is 443. The second-order valence-corrected chi connectivity index (χ2v) is 6.03. The first-order valence-corrected chi connectivity index (χ1v) is 10.1. The largest absolute Gasteiger partial charge is 0.508 e. The third-order valence-corrected chi connectivity index (χ3v) is 3.62. The van der Waals surface area contributed by atoms with Crippen molar-refractivity contribution in [2.24, 2.45) is 0 Å². The van der Waals surface area contributed by atoms with Gasteiger partial charge in [0.1, 0.15) is 13.2 Å². The Morgan fingerprint density at radius 1 is 0.586 bits per heavy atom. The molecule has 0 atom stereocenters. The highest BCUT2D eigenvalue weighted by molar-refractivity contribution is 5.76. The van der Waals surface area contributed by atoms with Crippen LogP contribution in [0.5, 0.6) is 0 Å². The molecule has 0 bridgehead atoms. The van der Waals surface area contributed by atoms with Gasteiger partial charge < -0.3 is 29.6 Å². The molecule has 0 aromatic heterocycles. The zero-order chi connectivity index (χ0) is 21.7. The molecule has 0 unspecified atom stereocenters. The summed E-state index contributed by atoms with van der Waals surface area (Å²) in [5, 5.41) is 5.34. The van der Waals surface area contributed by atoms with E-state index in [2.05, 4.69) is 20.1 Å². The number of unbranched alkanes of at least 4 members (excludes halogenated alkanes) is 4. The number of hydrogen-bond donors (Lipinski definition) is 2. The summed E-state index contributed by atoms with van der Waals surface area (Å²) >= 11 is 0. The monoisotopic (exact) mass is 418 g/mol. The Morgan fingerprint density at radius 3 is 1.34 bits per heavy atom. The highest BCUT2D eigenvalue weighted by Gasteiger charge is 2.05. The van der Waals surface area contributed by atoms with Crippen molar-refractivity contribution >= 4 is 24.1 Å². The van der Waals surface area contributed by atoms with E-state index in [9.17, 15) is 19.2 Å². The van der Waals surface area contributed by atoms with Crippen LogP contribution in [-0.2, 0) is 28.5 Å². The number of carbonyl (C=O) groups excluding carboxylic acids is 4. The average Bonchev–Trinajstić information content (AvgIpc) is 2.68. The number of nitrogens with one attached hydrogen (secondary N) is 2. The van der Waals surface area contributed by atoms with E-state index in [-0.39, 0.29) is 51.3 Å². The molecule has 0 aromatic carbocycles. The lowest BCUT2D eigenvalue weighted by Crippen LogP contribution is -2.28. The summed E-state index contributed by atoms with van der Waals surface area (Å²) in [5.74, 6) is -0.163. The van der Waals surface area contributed by atoms with Crippen LogP contribution in [0.1, 0.15) is 58.8 Å². The molecule has 0 heterocycles. The van der Waals surface area contributed by atoms with Crippen molar-refractivity contribution in [2.45, 2.75) is 58.8 Å². The minimum Gasteiger partial charge on any atom is -0.435 e. The van der Waals surface area contributed by atoms with Crippen LogP contribution in [0.4, 0.5) is 9.59 Å². The first kappa shape index (κ1) is 26.5. The van der Waals surface area contributed by atoms with Crippen molar-refractivity contribution in [1.29, 1.82) is 0 Å². The minimum absolute atomic E-state index is 0.0816. The van der Waals surface area contributed by atoms with E-state index in [1.807, 2.05) is 0 Å². The van der Waals surface area contributed by atoms with Gasteiger partial charge in [-0.25, -0.2) is 9.59 Å². The van der Waals surface area contributed by atoms with Crippen LogP contribution in [-0.4, -0.2) is 63.6 Å². The number of rotatable bonds is 16. The lowest BCUT2D eigenvalue weighted by molar-refractivity contribution is -0.122. The van der Waals surface area contributed by atoms with Crippen LogP contribution >= 0.6 is 0 Å². The van der Waals surface area contributed by atoms with Crippen molar-refractivity contribution in [3.05, 3.63) is 0 Å². The van der Waals surface area contributed by atoms with Gasteiger partial charge in [0.2, 0.25) is 11.8 Å². The molecule has 0 aliphatic carbocycles. The summed E-state index contributed by atoms with van der Waals surface area (Å²) in [7, 11) is 0. The predicted molar refractivity (Wildman–Crippen MR) is 104 cm³/mol.